The van der Waals surface area contributed by atoms with E-state index in [1.165, 1.54) is 44.7 Å². The molecule has 1 fully saturated rings. The van der Waals surface area contributed by atoms with Crippen molar-refractivity contribution < 1.29 is 4.79 Å². The van der Waals surface area contributed by atoms with Crippen molar-refractivity contribution in [2.75, 3.05) is 31.5 Å². The maximum Gasteiger partial charge on any atom is 0.277 e. The Morgan fingerprint density at radius 3 is 2.94 bits per heavy atom. The Labute approximate surface area is 180 Å². The molecule has 1 aromatic carbocycles. The molecule has 0 bridgehead atoms. The second kappa shape index (κ2) is 8.77. The van der Waals surface area contributed by atoms with Crippen LogP contribution >= 0.6 is 0 Å². The minimum atomic E-state index is -0.321. The van der Waals surface area contributed by atoms with Crippen LogP contribution in [0.1, 0.15) is 35.3 Å². The van der Waals surface area contributed by atoms with Gasteiger partial charge in [0, 0.05) is 43.0 Å². The van der Waals surface area contributed by atoms with Gasteiger partial charge in [0.05, 0.1) is 11.7 Å². The van der Waals surface area contributed by atoms with E-state index in [9.17, 15) is 4.79 Å². The smallest absolute Gasteiger partial charge is 0.277 e. The van der Waals surface area contributed by atoms with Gasteiger partial charge in [-0.2, -0.15) is 5.10 Å². The van der Waals surface area contributed by atoms with Crippen molar-refractivity contribution >= 4 is 34.4 Å². The number of likely N-dealkylation sites (tertiary alicyclic amines) is 1. The average Bonchev–Trinajstić information content (AvgIpc) is 3.24. The molecule has 1 saturated heterocycles. The lowest BCUT2D eigenvalue weighted by Gasteiger charge is -2.29. The van der Waals surface area contributed by atoms with Gasteiger partial charge in [-0.15, -0.1) is 0 Å². The lowest BCUT2D eigenvalue weighted by molar-refractivity contribution is 0.102. The predicted octanol–water partition coefficient (Wildman–Crippen LogP) is 3.18. The van der Waals surface area contributed by atoms with Crippen molar-refractivity contribution in [3.63, 3.8) is 0 Å². The van der Waals surface area contributed by atoms with E-state index in [0.29, 0.717) is 17.4 Å². The lowest BCUT2D eigenvalue weighted by Crippen LogP contribution is -2.35. The zero-order chi connectivity index (χ0) is 21.0. The van der Waals surface area contributed by atoms with Crippen molar-refractivity contribution in [3.05, 3.63) is 54.1 Å². The van der Waals surface area contributed by atoms with Crippen LogP contribution in [0.2, 0.25) is 0 Å². The Morgan fingerprint density at radius 2 is 2.10 bits per heavy atom. The Kier molecular flexibility index (Phi) is 5.54. The number of hydrogen-bond donors (Lipinski definition) is 2. The number of nitrogens with zero attached hydrogens (tertiary/aromatic N) is 5. The van der Waals surface area contributed by atoms with Crippen LogP contribution < -0.4 is 5.32 Å². The number of H-pyrrole nitrogens is 1. The summed E-state index contributed by atoms with van der Waals surface area (Å²) >= 11 is 0. The van der Waals surface area contributed by atoms with E-state index in [1.54, 1.807) is 6.20 Å². The third-order valence-electron chi connectivity index (χ3n) is 5.84. The molecule has 2 aliphatic heterocycles. The Balaban J connectivity index is 1.38. The lowest BCUT2D eigenvalue weighted by atomic mass is 9.96. The zero-order valence-corrected chi connectivity index (χ0v) is 17.3. The quantitative estimate of drug-likeness (QED) is 0.667. The number of carbonyl (C=O) groups excluding carboxylic acids is 1. The van der Waals surface area contributed by atoms with Crippen LogP contribution in [-0.4, -0.2) is 63.4 Å². The molecule has 2 aliphatic rings. The maximum absolute atomic E-state index is 12.7. The molecule has 8 heteroatoms. The molecule has 1 atom stereocenters. The number of aromatic amines is 1. The minimum absolute atomic E-state index is 0.321. The number of aromatic nitrogens is 4. The number of aliphatic imine (C=N–C) groups is 1. The van der Waals surface area contributed by atoms with Crippen molar-refractivity contribution in [2.24, 2.45) is 10.9 Å². The van der Waals surface area contributed by atoms with Gasteiger partial charge in [0.1, 0.15) is 0 Å². The highest BCUT2D eigenvalue weighted by Gasteiger charge is 2.19. The van der Waals surface area contributed by atoms with Gasteiger partial charge in [-0.25, -0.2) is 4.98 Å². The number of rotatable bonds is 5. The van der Waals surface area contributed by atoms with Gasteiger partial charge >= 0.3 is 0 Å². The first-order valence-corrected chi connectivity index (χ1v) is 10.8. The molecule has 1 amide bonds. The highest BCUT2D eigenvalue weighted by Crippen LogP contribution is 2.25. The SMILES string of the molecule is O=C(Nc1cnccn1)c1n[nH]c2ccc(C3=CC(CN4CCCCC4)CN=C3)cc12. The summed E-state index contributed by atoms with van der Waals surface area (Å²) in [5.41, 5.74) is 3.28. The minimum Gasteiger partial charge on any atom is -0.304 e. The van der Waals surface area contributed by atoms with Crippen molar-refractivity contribution in [1.29, 1.82) is 0 Å². The summed E-state index contributed by atoms with van der Waals surface area (Å²) in [5, 5.41) is 10.7. The fourth-order valence-electron chi connectivity index (χ4n) is 4.30. The van der Waals surface area contributed by atoms with Crippen LogP contribution in [-0.2, 0) is 0 Å². The number of piperidine rings is 1. The van der Waals surface area contributed by atoms with E-state index in [2.05, 4.69) is 41.5 Å². The van der Waals surface area contributed by atoms with Crippen LogP contribution in [0.3, 0.4) is 0 Å². The number of carbonyl (C=O) groups is 1. The number of amides is 1. The van der Waals surface area contributed by atoms with Gasteiger partial charge in [-0.3, -0.25) is 19.9 Å². The molecule has 2 aromatic heterocycles. The van der Waals surface area contributed by atoms with Gasteiger partial charge < -0.3 is 10.2 Å². The van der Waals surface area contributed by atoms with E-state index in [-0.39, 0.29) is 5.91 Å². The third kappa shape index (κ3) is 4.39. The van der Waals surface area contributed by atoms with Crippen LogP contribution in [0, 0.1) is 5.92 Å². The number of anilines is 1. The summed E-state index contributed by atoms with van der Waals surface area (Å²) in [5.74, 6) is 0.484. The van der Waals surface area contributed by atoms with E-state index >= 15 is 0 Å². The summed E-state index contributed by atoms with van der Waals surface area (Å²) in [6.45, 7) is 4.27. The normalized spacial score (nSPS) is 19.4. The van der Waals surface area contributed by atoms with Gasteiger partial charge in [0.15, 0.2) is 11.5 Å². The van der Waals surface area contributed by atoms with Crippen LogP contribution in [0.5, 0.6) is 0 Å². The molecule has 4 heterocycles. The molecule has 158 valence electrons. The first-order chi connectivity index (χ1) is 15.3. The Morgan fingerprint density at radius 1 is 1.19 bits per heavy atom. The monoisotopic (exact) mass is 415 g/mol. The number of dihydropyridines is 1. The number of benzene rings is 1. The molecule has 2 N–H and O–H groups in total. The fraction of sp³-hybridized carbons (Fsp3) is 0.348. The second-order valence-corrected chi connectivity index (χ2v) is 8.11. The predicted molar refractivity (Wildman–Crippen MR) is 121 cm³/mol. The van der Waals surface area contributed by atoms with Gasteiger partial charge in [-0.1, -0.05) is 18.6 Å². The molecule has 0 spiro atoms. The van der Waals surface area contributed by atoms with Crippen LogP contribution in [0.4, 0.5) is 5.82 Å². The summed E-state index contributed by atoms with van der Waals surface area (Å²) in [6, 6.07) is 6.01. The number of hydrogen-bond acceptors (Lipinski definition) is 6. The third-order valence-corrected chi connectivity index (χ3v) is 5.84. The van der Waals surface area contributed by atoms with Gasteiger partial charge in [0.25, 0.3) is 5.91 Å². The topological polar surface area (TPSA) is 99.2 Å². The molecule has 0 saturated carbocycles. The summed E-state index contributed by atoms with van der Waals surface area (Å²) in [6.07, 6.45) is 12.8. The van der Waals surface area contributed by atoms with Crippen molar-refractivity contribution in [2.45, 2.75) is 19.3 Å². The first-order valence-electron chi connectivity index (χ1n) is 10.8. The number of nitrogens with one attached hydrogen (secondary N) is 2. The van der Waals surface area contributed by atoms with E-state index in [4.69, 9.17) is 0 Å². The fourth-order valence-corrected chi connectivity index (χ4v) is 4.30. The maximum atomic E-state index is 12.7. The van der Waals surface area contributed by atoms with Crippen molar-refractivity contribution in [3.8, 4) is 0 Å². The molecular weight excluding hydrogens is 390 g/mol. The molecule has 31 heavy (non-hydrogen) atoms. The van der Waals surface area contributed by atoms with E-state index in [0.717, 1.165) is 35.1 Å². The average molecular weight is 416 g/mol. The second-order valence-electron chi connectivity index (χ2n) is 8.11. The number of allylic oxidation sites excluding steroid dienone is 1. The Hall–Kier alpha value is -3.39. The first kappa shape index (κ1) is 19.6. The highest BCUT2D eigenvalue weighted by atomic mass is 16.2. The molecule has 0 aliphatic carbocycles. The molecule has 3 aromatic rings. The molecule has 1 unspecified atom stereocenters. The zero-order valence-electron chi connectivity index (χ0n) is 17.3. The standard InChI is InChI=1S/C23H25N7O/c31-23(27-21-14-24-6-7-26-21)22-19-11-17(4-5-20(19)28-29-22)18-10-16(12-25-13-18)15-30-8-2-1-3-9-30/h4-7,10-11,13-14,16H,1-3,8-9,12,15H2,(H,28,29)(H,26,27,31). The van der Waals surface area contributed by atoms with E-state index in [1.807, 2.05) is 24.4 Å². The van der Waals surface area contributed by atoms with E-state index < -0.39 is 0 Å². The van der Waals surface area contributed by atoms with Gasteiger partial charge in [-0.05, 0) is 49.2 Å². The molecule has 0 radical (unpaired) electrons. The summed E-state index contributed by atoms with van der Waals surface area (Å²) in [4.78, 5) is 28.0. The molecule has 5 rings (SSSR count). The summed E-state index contributed by atoms with van der Waals surface area (Å²) in [7, 11) is 0. The van der Waals surface area contributed by atoms with Crippen molar-refractivity contribution in [1.82, 2.24) is 25.1 Å². The summed E-state index contributed by atoms with van der Waals surface area (Å²) < 4.78 is 0. The number of fused-ring (bicyclic) bond motifs is 1. The largest absolute Gasteiger partial charge is 0.304 e. The molecule has 8 nitrogen and oxygen atoms in total. The van der Waals surface area contributed by atoms with Gasteiger partial charge in [0.2, 0.25) is 0 Å². The molecular formula is C23H25N7O. The van der Waals surface area contributed by atoms with Crippen LogP contribution in [0.25, 0.3) is 16.5 Å². The highest BCUT2D eigenvalue weighted by molar-refractivity contribution is 6.14. The Bertz CT molecular complexity index is 1130. The van der Waals surface area contributed by atoms with Crippen LogP contribution in [0.15, 0.2) is 47.9 Å².